The highest BCUT2D eigenvalue weighted by atomic mass is 16.2. The van der Waals surface area contributed by atoms with E-state index in [1.165, 1.54) is 0 Å². The van der Waals surface area contributed by atoms with Crippen LogP contribution in [0, 0.1) is 0 Å². The van der Waals surface area contributed by atoms with Crippen LogP contribution < -0.4 is 11.1 Å². The van der Waals surface area contributed by atoms with Crippen LogP contribution in [-0.4, -0.2) is 41.4 Å². The zero-order valence-electron chi connectivity index (χ0n) is 8.90. The molecule has 0 bridgehead atoms. The summed E-state index contributed by atoms with van der Waals surface area (Å²) in [6.45, 7) is 0.535. The van der Waals surface area contributed by atoms with Crippen molar-refractivity contribution in [3.8, 4) is 0 Å². The van der Waals surface area contributed by atoms with Gasteiger partial charge < -0.3 is 16.0 Å². The Morgan fingerprint density at radius 3 is 2.93 bits per heavy atom. The third kappa shape index (κ3) is 3.80. The van der Waals surface area contributed by atoms with Gasteiger partial charge in [-0.3, -0.25) is 4.79 Å². The van der Waals surface area contributed by atoms with Gasteiger partial charge in [-0.15, -0.1) is 0 Å². The molecule has 1 heterocycles. The Kier molecular flexibility index (Phi) is 3.84. The molecule has 0 spiro atoms. The molecular weight excluding hydrogens is 194 g/mol. The molecule has 1 aromatic rings. The van der Waals surface area contributed by atoms with E-state index in [9.17, 15) is 4.79 Å². The number of amides is 1. The highest BCUT2D eigenvalue weighted by Crippen LogP contribution is 2.02. The van der Waals surface area contributed by atoms with Crippen LogP contribution in [0.25, 0.3) is 0 Å². The molecule has 0 aromatic carbocycles. The van der Waals surface area contributed by atoms with Gasteiger partial charge in [0.25, 0.3) is 0 Å². The topological polar surface area (TPSA) is 84.1 Å². The van der Waals surface area contributed by atoms with E-state index in [1.807, 2.05) is 0 Å². The fourth-order valence-electron chi connectivity index (χ4n) is 0.993. The van der Waals surface area contributed by atoms with E-state index < -0.39 is 0 Å². The van der Waals surface area contributed by atoms with Crippen LogP contribution in [0.15, 0.2) is 12.3 Å². The summed E-state index contributed by atoms with van der Waals surface area (Å²) in [5.74, 6) is 0.928. The Labute approximate surface area is 88.5 Å². The van der Waals surface area contributed by atoms with Crippen LogP contribution in [0.4, 0.5) is 11.8 Å². The van der Waals surface area contributed by atoms with Crippen molar-refractivity contribution < 1.29 is 4.79 Å². The third-order valence-electron chi connectivity index (χ3n) is 1.82. The van der Waals surface area contributed by atoms with Crippen LogP contribution in [-0.2, 0) is 4.79 Å². The largest absolute Gasteiger partial charge is 0.369 e. The zero-order valence-corrected chi connectivity index (χ0v) is 8.90. The first-order valence-electron chi connectivity index (χ1n) is 4.62. The average molecular weight is 209 g/mol. The summed E-state index contributed by atoms with van der Waals surface area (Å²) in [5, 5.41) is 2.99. The van der Waals surface area contributed by atoms with Crippen molar-refractivity contribution in [3.63, 3.8) is 0 Å². The van der Waals surface area contributed by atoms with Gasteiger partial charge in [0, 0.05) is 33.3 Å². The Balaban J connectivity index is 2.35. The number of anilines is 2. The summed E-state index contributed by atoms with van der Waals surface area (Å²) in [7, 11) is 3.45. The van der Waals surface area contributed by atoms with Crippen LogP contribution in [0.2, 0.25) is 0 Å². The summed E-state index contributed by atoms with van der Waals surface area (Å²) >= 11 is 0. The lowest BCUT2D eigenvalue weighted by Crippen LogP contribution is -2.24. The Hall–Kier alpha value is -1.85. The van der Waals surface area contributed by atoms with Crippen LogP contribution in [0.3, 0.4) is 0 Å². The second-order valence-corrected chi connectivity index (χ2v) is 3.27. The number of aromatic nitrogens is 2. The number of nitrogens with zero attached hydrogens (tertiary/aromatic N) is 3. The van der Waals surface area contributed by atoms with E-state index in [2.05, 4.69) is 15.3 Å². The Morgan fingerprint density at radius 2 is 2.33 bits per heavy atom. The van der Waals surface area contributed by atoms with Crippen molar-refractivity contribution in [2.75, 3.05) is 31.7 Å². The highest BCUT2D eigenvalue weighted by Gasteiger charge is 2.03. The van der Waals surface area contributed by atoms with Gasteiger partial charge in [-0.05, 0) is 6.07 Å². The highest BCUT2D eigenvalue weighted by molar-refractivity contribution is 5.76. The van der Waals surface area contributed by atoms with Crippen molar-refractivity contribution in [2.45, 2.75) is 6.42 Å². The monoisotopic (exact) mass is 209 g/mol. The molecule has 0 saturated carbocycles. The number of carbonyl (C=O) groups excluding carboxylic acids is 1. The zero-order chi connectivity index (χ0) is 11.3. The van der Waals surface area contributed by atoms with Crippen LogP contribution in [0.1, 0.15) is 6.42 Å². The Bertz CT molecular complexity index is 339. The maximum absolute atomic E-state index is 11.2. The lowest BCUT2D eigenvalue weighted by atomic mass is 10.4. The normalized spacial score (nSPS) is 9.73. The molecule has 1 rings (SSSR count). The lowest BCUT2D eigenvalue weighted by Gasteiger charge is -2.10. The summed E-state index contributed by atoms with van der Waals surface area (Å²) in [6, 6.07) is 1.70. The van der Waals surface area contributed by atoms with E-state index in [-0.39, 0.29) is 11.9 Å². The molecule has 1 aromatic heterocycles. The predicted octanol–water partition coefficient (Wildman–Crippen LogP) is -0.0510. The molecule has 6 heteroatoms. The molecule has 82 valence electrons. The molecule has 1 amide bonds. The number of carbonyl (C=O) groups is 1. The van der Waals surface area contributed by atoms with E-state index in [0.717, 1.165) is 0 Å². The van der Waals surface area contributed by atoms with Crippen molar-refractivity contribution >= 4 is 17.7 Å². The summed E-state index contributed by atoms with van der Waals surface area (Å²) in [6.07, 6.45) is 2.00. The smallest absolute Gasteiger partial charge is 0.223 e. The Morgan fingerprint density at radius 1 is 1.60 bits per heavy atom. The molecule has 0 aliphatic rings. The quantitative estimate of drug-likeness (QED) is 0.726. The molecule has 0 radical (unpaired) electrons. The summed E-state index contributed by atoms with van der Waals surface area (Å²) < 4.78 is 0. The summed E-state index contributed by atoms with van der Waals surface area (Å²) in [5.41, 5.74) is 5.40. The number of nitrogens with two attached hydrogens (primary N) is 1. The first kappa shape index (κ1) is 11.2. The first-order chi connectivity index (χ1) is 7.09. The van der Waals surface area contributed by atoms with Crippen molar-refractivity contribution in [2.24, 2.45) is 0 Å². The molecule has 3 N–H and O–H groups in total. The van der Waals surface area contributed by atoms with E-state index in [1.54, 1.807) is 31.3 Å². The van der Waals surface area contributed by atoms with Crippen molar-refractivity contribution in [1.29, 1.82) is 0 Å². The fraction of sp³-hybridized carbons (Fsp3) is 0.444. The molecular formula is C9H15N5O. The van der Waals surface area contributed by atoms with Gasteiger partial charge in [-0.25, -0.2) is 4.98 Å². The first-order valence-corrected chi connectivity index (χ1v) is 4.62. The van der Waals surface area contributed by atoms with Gasteiger partial charge >= 0.3 is 0 Å². The van der Waals surface area contributed by atoms with Crippen molar-refractivity contribution in [3.05, 3.63) is 12.3 Å². The number of hydrogen-bond donors (Lipinski definition) is 2. The standard InChI is InChI=1S/C9H15N5O/c1-14(2)8(15)4-6-11-7-3-5-12-9(10)13-7/h3,5H,4,6H2,1-2H3,(H3,10,11,12,13). The van der Waals surface area contributed by atoms with Gasteiger partial charge in [-0.1, -0.05) is 0 Å². The van der Waals surface area contributed by atoms with Crippen LogP contribution in [0.5, 0.6) is 0 Å². The van der Waals surface area contributed by atoms with Crippen molar-refractivity contribution in [1.82, 2.24) is 14.9 Å². The fourth-order valence-corrected chi connectivity index (χ4v) is 0.993. The minimum Gasteiger partial charge on any atom is -0.369 e. The van der Waals surface area contributed by atoms with Gasteiger partial charge in [-0.2, -0.15) is 4.98 Å². The minimum absolute atomic E-state index is 0.0736. The molecule has 15 heavy (non-hydrogen) atoms. The maximum atomic E-state index is 11.2. The number of rotatable bonds is 4. The minimum atomic E-state index is 0.0736. The van der Waals surface area contributed by atoms with Gasteiger partial charge in [0.05, 0.1) is 0 Å². The second-order valence-electron chi connectivity index (χ2n) is 3.27. The van der Waals surface area contributed by atoms with Gasteiger partial charge in [0.1, 0.15) is 5.82 Å². The molecule has 0 unspecified atom stereocenters. The summed E-state index contributed by atoms with van der Waals surface area (Å²) in [4.78, 5) is 20.5. The molecule has 0 fully saturated rings. The number of nitrogens with one attached hydrogen (secondary N) is 1. The molecule has 0 aliphatic carbocycles. The average Bonchev–Trinajstić information content (AvgIpc) is 2.17. The molecule has 0 saturated heterocycles. The van der Waals surface area contributed by atoms with Crippen LogP contribution >= 0.6 is 0 Å². The van der Waals surface area contributed by atoms with E-state index in [4.69, 9.17) is 5.73 Å². The molecule has 0 atom stereocenters. The van der Waals surface area contributed by atoms with Gasteiger partial charge in [0.2, 0.25) is 11.9 Å². The predicted molar refractivity (Wildman–Crippen MR) is 58.2 cm³/mol. The second kappa shape index (κ2) is 5.14. The number of nitrogen functional groups attached to an aromatic ring is 1. The van der Waals surface area contributed by atoms with Gasteiger partial charge in [0.15, 0.2) is 0 Å². The SMILES string of the molecule is CN(C)C(=O)CCNc1ccnc(N)n1. The van der Waals surface area contributed by atoms with E-state index in [0.29, 0.717) is 18.8 Å². The third-order valence-corrected chi connectivity index (χ3v) is 1.82. The van der Waals surface area contributed by atoms with E-state index >= 15 is 0 Å². The number of hydrogen-bond acceptors (Lipinski definition) is 5. The maximum Gasteiger partial charge on any atom is 0.223 e. The molecule has 0 aliphatic heterocycles. The molecule has 6 nitrogen and oxygen atoms in total. The lowest BCUT2D eigenvalue weighted by molar-refractivity contribution is -0.128.